The van der Waals surface area contributed by atoms with Gasteiger partial charge in [0.2, 0.25) is 5.91 Å². The van der Waals surface area contributed by atoms with E-state index in [-0.39, 0.29) is 18.4 Å². The van der Waals surface area contributed by atoms with Crippen molar-refractivity contribution in [2.75, 3.05) is 29.9 Å². The van der Waals surface area contributed by atoms with Crippen LogP contribution in [0.1, 0.15) is 23.2 Å². The van der Waals surface area contributed by atoms with Crippen molar-refractivity contribution in [2.45, 2.75) is 12.8 Å². The first-order valence-electron chi connectivity index (χ1n) is 7.53. The third-order valence-corrected chi connectivity index (χ3v) is 3.65. The van der Waals surface area contributed by atoms with Gasteiger partial charge in [-0.2, -0.15) is 0 Å². The third kappa shape index (κ3) is 3.88. The summed E-state index contributed by atoms with van der Waals surface area (Å²) in [4.78, 5) is 30.1. The van der Waals surface area contributed by atoms with Crippen molar-refractivity contribution in [3.8, 4) is 0 Å². The number of nitrogens with zero attached hydrogens (tertiary/aromatic N) is 2. The molecule has 120 valence electrons. The maximum absolute atomic E-state index is 11.8. The number of amides is 2. The summed E-state index contributed by atoms with van der Waals surface area (Å²) in [5.74, 6) is 0.266. The maximum atomic E-state index is 11.8. The van der Waals surface area contributed by atoms with Crippen LogP contribution in [0.3, 0.4) is 0 Å². The van der Waals surface area contributed by atoms with Gasteiger partial charge in [0, 0.05) is 13.1 Å². The van der Waals surface area contributed by atoms with E-state index in [1.165, 1.54) is 31.4 Å². The molecule has 0 unspecified atom stereocenters. The molecule has 7 heteroatoms. The Morgan fingerprint density at radius 2 is 2.04 bits per heavy atom. The lowest BCUT2D eigenvalue weighted by Crippen LogP contribution is -2.32. The van der Waals surface area contributed by atoms with Crippen LogP contribution in [0.15, 0.2) is 41.3 Å². The van der Waals surface area contributed by atoms with Crippen molar-refractivity contribution >= 4 is 23.3 Å². The van der Waals surface area contributed by atoms with Crippen LogP contribution in [0.25, 0.3) is 0 Å². The molecular weight excluding hydrogens is 296 g/mol. The van der Waals surface area contributed by atoms with Crippen molar-refractivity contribution in [1.82, 2.24) is 10.3 Å². The van der Waals surface area contributed by atoms with E-state index in [0.29, 0.717) is 11.3 Å². The third-order valence-electron chi connectivity index (χ3n) is 3.65. The average Bonchev–Trinajstić information content (AvgIpc) is 3.26. The second kappa shape index (κ2) is 6.95. The highest BCUT2D eigenvalue weighted by Gasteiger charge is 2.13. The number of rotatable bonds is 5. The molecule has 1 aliphatic heterocycles. The summed E-state index contributed by atoms with van der Waals surface area (Å²) in [7, 11) is 0. The minimum absolute atomic E-state index is 0.113. The Morgan fingerprint density at radius 1 is 1.22 bits per heavy atom. The van der Waals surface area contributed by atoms with Gasteiger partial charge in [-0.3, -0.25) is 9.59 Å². The summed E-state index contributed by atoms with van der Waals surface area (Å²) in [6.45, 7) is 1.94. The van der Waals surface area contributed by atoms with Crippen molar-refractivity contribution in [1.29, 1.82) is 0 Å². The van der Waals surface area contributed by atoms with Crippen LogP contribution < -0.4 is 15.5 Å². The molecule has 2 amide bonds. The predicted molar refractivity (Wildman–Crippen MR) is 85.4 cm³/mol. The highest BCUT2D eigenvalue weighted by molar-refractivity contribution is 5.99. The highest BCUT2D eigenvalue weighted by atomic mass is 16.3. The van der Waals surface area contributed by atoms with Crippen LogP contribution in [0.4, 0.5) is 11.5 Å². The van der Waals surface area contributed by atoms with Gasteiger partial charge in [0.25, 0.3) is 5.91 Å². The molecule has 0 radical (unpaired) electrons. The lowest BCUT2D eigenvalue weighted by Gasteiger charge is -2.16. The number of carbonyl (C=O) groups excluding carboxylic acids is 2. The van der Waals surface area contributed by atoms with Gasteiger partial charge in [-0.15, -0.1) is 0 Å². The summed E-state index contributed by atoms with van der Waals surface area (Å²) >= 11 is 0. The summed E-state index contributed by atoms with van der Waals surface area (Å²) in [5.41, 5.74) is 0.991. The highest BCUT2D eigenvalue weighted by Crippen LogP contribution is 2.18. The van der Waals surface area contributed by atoms with E-state index < -0.39 is 0 Å². The smallest absolute Gasteiger partial charge is 0.254 e. The minimum atomic E-state index is -0.351. The Kier molecular flexibility index (Phi) is 4.56. The largest absolute Gasteiger partial charge is 0.472 e. The Labute approximate surface area is 133 Å². The molecule has 0 saturated carbocycles. The molecule has 23 heavy (non-hydrogen) atoms. The fourth-order valence-electron chi connectivity index (χ4n) is 2.45. The first-order valence-corrected chi connectivity index (χ1v) is 7.53. The zero-order valence-corrected chi connectivity index (χ0v) is 12.6. The summed E-state index contributed by atoms with van der Waals surface area (Å²) in [6, 6.07) is 5.25. The van der Waals surface area contributed by atoms with E-state index in [2.05, 4.69) is 20.5 Å². The molecule has 0 spiro atoms. The number of hydrogen-bond donors (Lipinski definition) is 2. The molecule has 1 saturated heterocycles. The van der Waals surface area contributed by atoms with E-state index in [1.54, 1.807) is 6.20 Å². The van der Waals surface area contributed by atoms with E-state index >= 15 is 0 Å². The van der Waals surface area contributed by atoms with Gasteiger partial charge >= 0.3 is 0 Å². The molecule has 7 nitrogen and oxygen atoms in total. The lowest BCUT2D eigenvalue weighted by atomic mass is 10.3. The summed E-state index contributed by atoms with van der Waals surface area (Å²) in [6.07, 6.45) is 6.74. The van der Waals surface area contributed by atoms with Gasteiger partial charge in [-0.1, -0.05) is 0 Å². The molecule has 2 aromatic rings. The number of hydrogen-bond acceptors (Lipinski definition) is 5. The zero-order valence-electron chi connectivity index (χ0n) is 12.6. The number of furan rings is 1. The van der Waals surface area contributed by atoms with Crippen molar-refractivity contribution < 1.29 is 14.0 Å². The van der Waals surface area contributed by atoms with E-state index in [0.717, 1.165) is 18.9 Å². The number of nitrogens with one attached hydrogen (secondary N) is 2. The molecule has 0 bridgehead atoms. The number of carbonyl (C=O) groups is 2. The first-order chi connectivity index (χ1) is 11.2. The number of anilines is 2. The Balaban J connectivity index is 1.48. The number of pyridine rings is 1. The van der Waals surface area contributed by atoms with Crippen LogP contribution in [0.5, 0.6) is 0 Å². The summed E-state index contributed by atoms with van der Waals surface area (Å²) < 4.78 is 4.82. The van der Waals surface area contributed by atoms with Crippen molar-refractivity contribution in [3.63, 3.8) is 0 Å². The van der Waals surface area contributed by atoms with E-state index in [4.69, 9.17) is 4.42 Å². The molecule has 2 aromatic heterocycles. The van der Waals surface area contributed by atoms with Crippen LogP contribution in [0, 0.1) is 0 Å². The lowest BCUT2D eigenvalue weighted by molar-refractivity contribution is -0.115. The maximum Gasteiger partial charge on any atom is 0.254 e. The molecule has 3 rings (SSSR count). The van der Waals surface area contributed by atoms with Crippen LogP contribution in [-0.2, 0) is 4.79 Å². The molecular formula is C16H18N4O3. The fraction of sp³-hybridized carbons (Fsp3) is 0.312. The quantitative estimate of drug-likeness (QED) is 0.876. The fourth-order valence-corrected chi connectivity index (χ4v) is 2.45. The second-order valence-electron chi connectivity index (χ2n) is 5.34. The average molecular weight is 314 g/mol. The Hall–Kier alpha value is -2.83. The zero-order chi connectivity index (χ0) is 16.1. The number of aromatic nitrogens is 1. The topological polar surface area (TPSA) is 87.5 Å². The molecule has 0 atom stereocenters. The van der Waals surface area contributed by atoms with Gasteiger partial charge in [-0.25, -0.2) is 4.98 Å². The van der Waals surface area contributed by atoms with Crippen molar-refractivity contribution in [2.24, 2.45) is 0 Å². The van der Waals surface area contributed by atoms with Crippen LogP contribution in [0.2, 0.25) is 0 Å². The molecule has 1 aliphatic rings. The molecule has 0 aromatic carbocycles. The predicted octanol–water partition coefficient (Wildman–Crippen LogP) is 1.64. The molecule has 1 fully saturated rings. The first kappa shape index (κ1) is 15.1. The SMILES string of the molecule is O=C(CNC(=O)c1ccoc1)Nc1ccc(N2CCCC2)nc1. The Bertz CT molecular complexity index is 661. The molecule has 3 heterocycles. The summed E-state index contributed by atoms with van der Waals surface area (Å²) in [5, 5.41) is 5.22. The Morgan fingerprint density at radius 3 is 2.70 bits per heavy atom. The van der Waals surface area contributed by atoms with E-state index in [9.17, 15) is 9.59 Å². The standard InChI is InChI=1S/C16H18N4O3/c21-15(10-18-16(22)12-5-8-23-11-12)19-13-3-4-14(17-9-13)20-6-1-2-7-20/h3-5,8-9,11H,1-2,6-7,10H2,(H,18,22)(H,19,21). The monoisotopic (exact) mass is 314 g/mol. The van der Waals surface area contributed by atoms with Gasteiger partial charge in [0.05, 0.1) is 30.3 Å². The van der Waals surface area contributed by atoms with Gasteiger partial charge in [0.1, 0.15) is 12.1 Å². The minimum Gasteiger partial charge on any atom is -0.472 e. The van der Waals surface area contributed by atoms with Crippen LogP contribution in [-0.4, -0.2) is 36.4 Å². The normalized spacial score (nSPS) is 13.8. The van der Waals surface area contributed by atoms with Gasteiger partial charge in [-0.05, 0) is 31.0 Å². The van der Waals surface area contributed by atoms with E-state index in [1.807, 2.05) is 12.1 Å². The molecule has 2 N–H and O–H groups in total. The molecule has 0 aliphatic carbocycles. The van der Waals surface area contributed by atoms with Crippen LogP contribution >= 0.6 is 0 Å². The van der Waals surface area contributed by atoms with Gasteiger partial charge in [0.15, 0.2) is 0 Å². The van der Waals surface area contributed by atoms with Crippen molar-refractivity contribution in [3.05, 3.63) is 42.5 Å². The van der Waals surface area contributed by atoms with Gasteiger partial charge < -0.3 is 20.0 Å². The second-order valence-corrected chi connectivity index (χ2v) is 5.34.